The van der Waals surface area contributed by atoms with Crippen molar-refractivity contribution < 1.29 is 0 Å². The molecule has 2 rings (SSSR count). The molecule has 4 nitrogen and oxygen atoms in total. The van der Waals surface area contributed by atoms with Gasteiger partial charge in [-0.25, -0.2) is 0 Å². The Hall–Kier alpha value is -1.68. The maximum absolute atomic E-state index is 5.44. The molecular formula is C11H14N4. The maximum atomic E-state index is 5.44. The molecule has 0 aliphatic heterocycles. The Balaban J connectivity index is 2.14. The van der Waals surface area contributed by atoms with Crippen LogP contribution in [0.15, 0.2) is 36.8 Å². The highest BCUT2D eigenvalue weighted by atomic mass is 15.3. The predicted octanol–water partition coefficient (Wildman–Crippen LogP) is 1.29. The molecule has 15 heavy (non-hydrogen) atoms. The zero-order valence-electron chi connectivity index (χ0n) is 8.50. The molecule has 0 aliphatic rings. The van der Waals surface area contributed by atoms with Crippen LogP contribution in [-0.2, 0) is 6.54 Å². The number of aromatic nitrogens is 3. The lowest BCUT2D eigenvalue weighted by Crippen LogP contribution is -2.05. The number of pyridine rings is 1. The van der Waals surface area contributed by atoms with Crippen LogP contribution in [0.2, 0.25) is 0 Å². The monoisotopic (exact) mass is 202 g/mol. The van der Waals surface area contributed by atoms with Gasteiger partial charge in [0.2, 0.25) is 0 Å². The summed E-state index contributed by atoms with van der Waals surface area (Å²) in [7, 11) is 0. The van der Waals surface area contributed by atoms with Crippen molar-refractivity contribution in [2.45, 2.75) is 13.0 Å². The standard InChI is InChI=1S/C11H14N4/c12-5-3-7-15-9-10(8-14-15)11-4-1-2-6-13-11/h1-2,4,6,8-9H,3,5,7,12H2. The largest absolute Gasteiger partial charge is 0.330 e. The van der Waals surface area contributed by atoms with Crippen molar-refractivity contribution in [2.75, 3.05) is 6.54 Å². The SMILES string of the molecule is NCCCn1cc(-c2ccccn2)cn1. The normalized spacial score (nSPS) is 10.5. The molecule has 0 fully saturated rings. The van der Waals surface area contributed by atoms with Gasteiger partial charge in [0, 0.05) is 24.5 Å². The molecular weight excluding hydrogens is 188 g/mol. The average molecular weight is 202 g/mol. The fourth-order valence-electron chi connectivity index (χ4n) is 1.40. The van der Waals surface area contributed by atoms with Crippen molar-refractivity contribution in [3.63, 3.8) is 0 Å². The highest BCUT2D eigenvalue weighted by Gasteiger charge is 2.01. The number of nitrogens with zero attached hydrogens (tertiary/aromatic N) is 3. The Labute approximate surface area is 88.8 Å². The first-order chi connectivity index (χ1) is 7.40. The number of hydrogen-bond donors (Lipinski definition) is 1. The summed E-state index contributed by atoms with van der Waals surface area (Å²) in [6, 6.07) is 5.85. The third kappa shape index (κ3) is 2.41. The molecule has 2 aromatic rings. The van der Waals surface area contributed by atoms with E-state index in [1.807, 2.05) is 35.3 Å². The summed E-state index contributed by atoms with van der Waals surface area (Å²) in [6.07, 6.45) is 6.56. The minimum Gasteiger partial charge on any atom is -0.330 e. The van der Waals surface area contributed by atoms with Gasteiger partial charge in [-0.2, -0.15) is 5.10 Å². The van der Waals surface area contributed by atoms with E-state index in [4.69, 9.17) is 5.73 Å². The minimum absolute atomic E-state index is 0.693. The van der Waals surface area contributed by atoms with Crippen LogP contribution in [0.1, 0.15) is 6.42 Å². The van der Waals surface area contributed by atoms with Crippen molar-refractivity contribution in [3.8, 4) is 11.3 Å². The van der Waals surface area contributed by atoms with Crippen LogP contribution in [0, 0.1) is 0 Å². The Bertz CT molecular complexity index is 408. The summed E-state index contributed by atoms with van der Waals surface area (Å²) in [6.45, 7) is 1.56. The van der Waals surface area contributed by atoms with Crippen LogP contribution in [-0.4, -0.2) is 21.3 Å². The summed E-state index contributed by atoms with van der Waals surface area (Å²) < 4.78 is 1.90. The van der Waals surface area contributed by atoms with Crippen LogP contribution >= 0.6 is 0 Å². The first-order valence-corrected chi connectivity index (χ1v) is 5.04. The quantitative estimate of drug-likeness (QED) is 0.812. The minimum atomic E-state index is 0.693. The fraction of sp³-hybridized carbons (Fsp3) is 0.273. The highest BCUT2D eigenvalue weighted by molar-refractivity contribution is 5.56. The number of nitrogens with two attached hydrogens (primary N) is 1. The molecule has 0 saturated carbocycles. The maximum Gasteiger partial charge on any atom is 0.0733 e. The molecule has 0 saturated heterocycles. The van der Waals surface area contributed by atoms with E-state index in [1.54, 1.807) is 6.20 Å². The first-order valence-electron chi connectivity index (χ1n) is 5.04. The average Bonchev–Trinajstić information content (AvgIpc) is 2.76. The summed E-state index contributed by atoms with van der Waals surface area (Å²) >= 11 is 0. The third-order valence-electron chi connectivity index (χ3n) is 2.19. The van der Waals surface area contributed by atoms with Crippen LogP contribution < -0.4 is 5.73 Å². The molecule has 0 amide bonds. The number of aryl methyl sites for hydroxylation is 1. The van der Waals surface area contributed by atoms with Crippen LogP contribution in [0.4, 0.5) is 0 Å². The first kappa shape index (κ1) is 9.86. The lowest BCUT2D eigenvalue weighted by atomic mass is 10.2. The van der Waals surface area contributed by atoms with Crippen LogP contribution in [0.5, 0.6) is 0 Å². The summed E-state index contributed by atoms with van der Waals surface area (Å²) in [5.41, 5.74) is 7.44. The van der Waals surface area contributed by atoms with E-state index < -0.39 is 0 Å². The van der Waals surface area contributed by atoms with Crippen molar-refractivity contribution in [3.05, 3.63) is 36.8 Å². The molecule has 0 aliphatic carbocycles. The van der Waals surface area contributed by atoms with E-state index in [0.717, 1.165) is 24.2 Å². The van der Waals surface area contributed by atoms with E-state index in [1.165, 1.54) is 0 Å². The van der Waals surface area contributed by atoms with E-state index in [9.17, 15) is 0 Å². The number of rotatable bonds is 4. The molecule has 0 atom stereocenters. The lowest BCUT2D eigenvalue weighted by molar-refractivity contribution is 0.585. The van der Waals surface area contributed by atoms with Gasteiger partial charge in [-0.15, -0.1) is 0 Å². The van der Waals surface area contributed by atoms with Gasteiger partial charge in [0.1, 0.15) is 0 Å². The van der Waals surface area contributed by atoms with E-state index >= 15 is 0 Å². The zero-order chi connectivity index (χ0) is 10.5. The Morgan fingerprint density at radius 3 is 3.00 bits per heavy atom. The number of hydrogen-bond acceptors (Lipinski definition) is 3. The van der Waals surface area contributed by atoms with Crippen molar-refractivity contribution in [1.29, 1.82) is 0 Å². The Morgan fingerprint density at radius 2 is 2.27 bits per heavy atom. The predicted molar refractivity (Wildman–Crippen MR) is 59.1 cm³/mol. The van der Waals surface area contributed by atoms with Gasteiger partial charge in [0.25, 0.3) is 0 Å². The smallest absolute Gasteiger partial charge is 0.0733 e. The topological polar surface area (TPSA) is 56.7 Å². The van der Waals surface area contributed by atoms with Crippen LogP contribution in [0.3, 0.4) is 0 Å². The second kappa shape index (κ2) is 4.70. The van der Waals surface area contributed by atoms with Gasteiger partial charge in [-0.3, -0.25) is 9.67 Å². The molecule has 0 radical (unpaired) electrons. The lowest BCUT2D eigenvalue weighted by Gasteiger charge is -1.97. The van der Waals surface area contributed by atoms with Gasteiger partial charge in [-0.1, -0.05) is 6.07 Å². The zero-order valence-corrected chi connectivity index (χ0v) is 8.50. The molecule has 2 heterocycles. The summed E-state index contributed by atoms with van der Waals surface area (Å²) in [5, 5.41) is 4.25. The molecule has 0 aromatic carbocycles. The van der Waals surface area contributed by atoms with Gasteiger partial charge < -0.3 is 5.73 Å². The molecule has 2 aromatic heterocycles. The molecule has 78 valence electrons. The molecule has 0 unspecified atom stereocenters. The fourth-order valence-corrected chi connectivity index (χ4v) is 1.40. The van der Waals surface area contributed by atoms with Crippen molar-refractivity contribution >= 4 is 0 Å². The summed E-state index contributed by atoms with van der Waals surface area (Å²) in [5.74, 6) is 0. The van der Waals surface area contributed by atoms with Gasteiger partial charge in [-0.05, 0) is 25.1 Å². The van der Waals surface area contributed by atoms with E-state index in [0.29, 0.717) is 6.54 Å². The third-order valence-corrected chi connectivity index (χ3v) is 2.19. The van der Waals surface area contributed by atoms with Crippen LogP contribution in [0.25, 0.3) is 11.3 Å². The van der Waals surface area contributed by atoms with Crippen molar-refractivity contribution in [1.82, 2.24) is 14.8 Å². The second-order valence-electron chi connectivity index (χ2n) is 3.35. The second-order valence-corrected chi connectivity index (χ2v) is 3.35. The molecule has 0 spiro atoms. The molecule has 4 heteroatoms. The van der Waals surface area contributed by atoms with Crippen molar-refractivity contribution in [2.24, 2.45) is 5.73 Å². The molecule has 2 N–H and O–H groups in total. The van der Waals surface area contributed by atoms with Gasteiger partial charge in [0.15, 0.2) is 0 Å². The van der Waals surface area contributed by atoms with E-state index in [-0.39, 0.29) is 0 Å². The Morgan fingerprint density at radius 1 is 1.33 bits per heavy atom. The van der Waals surface area contributed by atoms with Gasteiger partial charge in [0.05, 0.1) is 11.9 Å². The highest BCUT2D eigenvalue weighted by Crippen LogP contribution is 2.14. The van der Waals surface area contributed by atoms with Gasteiger partial charge >= 0.3 is 0 Å². The van der Waals surface area contributed by atoms with E-state index in [2.05, 4.69) is 10.1 Å². The Kier molecular flexibility index (Phi) is 3.09. The summed E-state index contributed by atoms with van der Waals surface area (Å²) in [4.78, 5) is 4.26. The molecule has 0 bridgehead atoms.